The first-order valence-electron chi connectivity index (χ1n) is 8.22. The molecule has 3 nitrogen and oxygen atoms in total. The van der Waals surface area contributed by atoms with Crippen molar-refractivity contribution in [1.29, 1.82) is 0 Å². The number of aromatic hydroxyl groups is 1. The fourth-order valence-corrected chi connectivity index (χ4v) is 3.10. The maximum absolute atomic E-state index is 14.0. The summed E-state index contributed by atoms with van der Waals surface area (Å²) in [6.07, 6.45) is 9.17. The maximum atomic E-state index is 14.0. The Kier molecular flexibility index (Phi) is 4.83. The second kappa shape index (κ2) is 7.05. The van der Waals surface area contributed by atoms with Crippen molar-refractivity contribution in [2.45, 2.75) is 32.1 Å². The van der Waals surface area contributed by atoms with Gasteiger partial charge in [-0.05, 0) is 37.0 Å². The smallest absolute Gasteiger partial charge is 0.223 e. The Morgan fingerprint density at radius 1 is 1.32 bits per heavy atom. The SMILES string of the molecule is CC(Cc1cccc(F)c1F)c1cc(=O)c(O)cn1C1=CC=CCC1. The molecule has 1 N–H and O–H groups in total. The van der Waals surface area contributed by atoms with E-state index in [9.17, 15) is 18.7 Å². The second-order valence-corrected chi connectivity index (χ2v) is 6.26. The predicted molar refractivity (Wildman–Crippen MR) is 93.5 cm³/mol. The zero-order valence-electron chi connectivity index (χ0n) is 13.9. The van der Waals surface area contributed by atoms with Gasteiger partial charge in [0.15, 0.2) is 17.4 Å². The highest BCUT2D eigenvalue weighted by Crippen LogP contribution is 2.27. The summed E-state index contributed by atoms with van der Waals surface area (Å²) in [5.41, 5.74) is 1.38. The predicted octanol–water partition coefficient (Wildman–Crippen LogP) is 4.37. The molecular weight excluding hydrogens is 324 g/mol. The normalized spacial score (nSPS) is 15.1. The van der Waals surface area contributed by atoms with Crippen LogP contribution < -0.4 is 5.43 Å². The topological polar surface area (TPSA) is 42.2 Å². The van der Waals surface area contributed by atoms with Crippen molar-refractivity contribution in [3.8, 4) is 5.75 Å². The molecule has 0 bridgehead atoms. The lowest BCUT2D eigenvalue weighted by Crippen LogP contribution is -2.16. The summed E-state index contributed by atoms with van der Waals surface area (Å²) in [6, 6.07) is 5.47. The van der Waals surface area contributed by atoms with Crippen LogP contribution in [0.1, 0.15) is 36.9 Å². The Hall–Kier alpha value is -2.69. The Bertz CT molecular complexity index is 912. The van der Waals surface area contributed by atoms with E-state index in [2.05, 4.69) is 0 Å². The second-order valence-electron chi connectivity index (χ2n) is 6.26. The van der Waals surface area contributed by atoms with Crippen molar-refractivity contribution < 1.29 is 13.9 Å². The molecule has 0 spiro atoms. The molecular formula is C20H19F2NO2. The number of nitrogens with zero attached hydrogens (tertiary/aromatic N) is 1. The van der Waals surface area contributed by atoms with Gasteiger partial charge < -0.3 is 9.67 Å². The van der Waals surface area contributed by atoms with Gasteiger partial charge in [0.25, 0.3) is 0 Å². The van der Waals surface area contributed by atoms with Crippen molar-refractivity contribution in [1.82, 2.24) is 4.57 Å². The molecule has 1 aromatic heterocycles. The van der Waals surface area contributed by atoms with Gasteiger partial charge >= 0.3 is 0 Å². The Morgan fingerprint density at radius 2 is 2.12 bits per heavy atom. The number of hydrogen-bond donors (Lipinski definition) is 1. The Balaban J connectivity index is 2.02. The lowest BCUT2D eigenvalue weighted by Gasteiger charge is -2.22. The van der Waals surface area contributed by atoms with Gasteiger partial charge in [0, 0.05) is 23.4 Å². The van der Waals surface area contributed by atoms with Crippen LogP contribution in [0.5, 0.6) is 5.75 Å². The van der Waals surface area contributed by atoms with E-state index in [4.69, 9.17) is 0 Å². The van der Waals surface area contributed by atoms with E-state index in [-0.39, 0.29) is 23.7 Å². The molecule has 0 aliphatic heterocycles. The van der Waals surface area contributed by atoms with Crippen LogP contribution in [0.3, 0.4) is 0 Å². The molecule has 5 heteroatoms. The number of hydrogen-bond acceptors (Lipinski definition) is 2. The first-order valence-corrected chi connectivity index (χ1v) is 8.22. The highest BCUT2D eigenvalue weighted by molar-refractivity contribution is 5.53. The van der Waals surface area contributed by atoms with Gasteiger partial charge in [-0.1, -0.05) is 31.2 Å². The minimum atomic E-state index is -0.882. The summed E-state index contributed by atoms with van der Waals surface area (Å²) >= 11 is 0. The zero-order valence-corrected chi connectivity index (χ0v) is 13.9. The molecule has 1 unspecified atom stereocenters. The standard InChI is InChI=1S/C20H19F2NO2/c1-13(10-14-6-5-9-16(21)20(14)22)17-11-18(24)19(25)12-23(17)15-7-3-2-4-8-15/h2-3,5-7,9,11-13,25H,4,8,10H2,1H3. The van der Waals surface area contributed by atoms with Gasteiger partial charge in [-0.15, -0.1) is 0 Å². The van der Waals surface area contributed by atoms with E-state index >= 15 is 0 Å². The van der Waals surface area contributed by atoms with Crippen molar-refractivity contribution in [2.24, 2.45) is 0 Å². The number of allylic oxidation sites excluding steroid dienone is 4. The van der Waals surface area contributed by atoms with E-state index in [1.54, 1.807) is 10.6 Å². The average molecular weight is 343 g/mol. The molecule has 3 rings (SSSR count). The molecule has 1 aromatic carbocycles. The third-order valence-electron chi connectivity index (χ3n) is 4.42. The molecule has 1 heterocycles. The summed E-state index contributed by atoms with van der Waals surface area (Å²) in [7, 11) is 0. The Morgan fingerprint density at radius 3 is 2.84 bits per heavy atom. The number of aromatic nitrogens is 1. The van der Waals surface area contributed by atoms with Gasteiger partial charge in [-0.3, -0.25) is 4.79 Å². The van der Waals surface area contributed by atoms with Crippen LogP contribution >= 0.6 is 0 Å². The van der Waals surface area contributed by atoms with Crippen LogP contribution in [0, 0.1) is 11.6 Å². The minimum Gasteiger partial charge on any atom is -0.503 e. The van der Waals surface area contributed by atoms with Crippen LogP contribution in [-0.4, -0.2) is 9.67 Å². The molecule has 0 saturated heterocycles. The lowest BCUT2D eigenvalue weighted by molar-refractivity contribution is 0.463. The molecule has 1 aliphatic rings. The monoisotopic (exact) mass is 343 g/mol. The lowest BCUT2D eigenvalue weighted by atomic mass is 9.96. The van der Waals surface area contributed by atoms with E-state index in [1.165, 1.54) is 18.3 Å². The summed E-state index contributed by atoms with van der Waals surface area (Å²) in [6.45, 7) is 1.85. The molecule has 0 saturated carbocycles. The molecule has 0 amide bonds. The van der Waals surface area contributed by atoms with Crippen LogP contribution in [0.25, 0.3) is 5.70 Å². The van der Waals surface area contributed by atoms with Crippen LogP contribution in [-0.2, 0) is 6.42 Å². The van der Waals surface area contributed by atoms with Crippen molar-refractivity contribution in [3.63, 3.8) is 0 Å². The van der Waals surface area contributed by atoms with Gasteiger partial charge in [-0.2, -0.15) is 0 Å². The average Bonchev–Trinajstić information content (AvgIpc) is 2.61. The van der Waals surface area contributed by atoms with Crippen molar-refractivity contribution >= 4 is 5.70 Å². The maximum Gasteiger partial charge on any atom is 0.223 e. The van der Waals surface area contributed by atoms with E-state index in [0.29, 0.717) is 5.69 Å². The molecule has 0 fully saturated rings. The minimum absolute atomic E-state index is 0.239. The first kappa shape index (κ1) is 17.1. The third-order valence-corrected chi connectivity index (χ3v) is 4.42. The fraction of sp³-hybridized carbons (Fsp3) is 0.250. The van der Waals surface area contributed by atoms with Gasteiger partial charge in [0.1, 0.15) is 0 Å². The van der Waals surface area contributed by atoms with Crippen molar-refractivity contribution in [2.75, 3.05) is 0 Å². The van der Waals surface area contributed by atoms with Gasteiger partial charge in [0.2, 0.25) is 5.43 Å². The summed E-state index contributed by atoms with van der Waals surface area (Å²) in [4.78, 5) is 11.9. The molecule has 1 aliphatic carbocycles. The summed E-state index contributed by atoms with van der Waals surface area (Å²) in [5.74, 6) is -2.31. The van der Waals surface area contributed by atoms with Crippen LogP contribution in [0.4, 0.5) is 8.78 Å². The number of halogens is 2. The molecule has 0 radical (unpaired) electrons. The summed E-state index contributed by atoms with van der Waals surface area (Å²) in [5, 5.41) is 9.82. The first-order chi connectivity index (χ1) is 12.0. The molecule has 1 atom stereocenters. The van der Waals surface area contributed by atoms with Gasteiger partial charge in [0.05, 0.1) is 6.20 Å². The fourth-order valence-electron chi connectivity index (χ4n) is 3.10. The van der Waals surface area contributed by atoms with E-state index in [1.807, 2.05) is 25.2 Å². The molecule has 130 valence electrons. The zero-order chi connectivity index (χ0) is 18.0. The largest absolute Gasteiger partial charge is 0.503 e. The summed E-state index contributed by atoms with van der Waals surface area (Å²) < 4.78 is 29.2. The number of pyridine rings is 1. The van der Waals surface area contributed by atoms with Crippen molar-refractivity contribution in [3.05, 3.63) is 81.8 Å². The molecule has 2 aromatic rings. The Labute approximate surface area is 144 Å². The van der Waals surface area contributed by atoms with Crippen LogP contribution in [0.2, 0.25) is 0 Å². The quantitative estimate of drug-likeness (QED) is 0.896. The number of rotatable bonds is 4. The van der Waals surface area contributed by atoms with Crippen LogP contribution in [0.15, 0.2) is 53.5 Å². The van der Waals surface area contributed by atoms with E-state index < -0.39 is 17.1 Å². The highest BCUT2D eigenvalue weighted by atomic mass is 19.2. The highest BCUT2D eigenvalue weighted by Gasteiger charge is 2.18. The van der Waals surface area contributed by atoms with Gasteiger partial charge in [-0.25, -0.2) is 8.78 Å². The molecule has 25 heavy (non-hydrogen) atoms. The number of benzene rings is 1. The third kappa shape index (κ3) is 3.55. The van der Waals surface area contributed by atoms with E-state index in [0.717, 1.165) is 24.6 Å².